The van der Waals surface area contributed by atoms with Crippen LogP contribution < -0.4 is 5.43 Å². The van der Waals surface area contributed by atoms with E-state index in [2.05, 4.69) is 0 Å². The molecule has 0 aliphatic carbocycles. The Bertz CT molecular complexity index is 542. The molecule has 17 heavy (non-hydrogen) atoms. The molecule has 0 fully saturated rings. The fraction of sp³-hybridized carbons (Fsp3) is 0.357. The summed E-state index contributed by atoms with van der Waals surface area (Å²) in [4.78, 5) is 11.8. The summed E-state index contributed by atoms with van der Waals surface area (Å²) >= 11 is 0. The predicted molar refractivity (Wildman–Crippen MR) is 67.1 cm³/mol. The van der Waals surface area contributed by atoms with Crippen molar-refractivity contribution in [3.8, 4) is 0 Å². The van der Waals surface area contributed by atoms with Gasteiger partial charge in [-0.1, -0.05) is 18.6 Å². The van der Waals surface area contributed by atoms with E-state index in [4.69, 9.17) is 9.52 Å². The van der Waals surface area contributed by atoms with Crippen molar-refractivity contribution in [1.82, 2.24) is 0 Å². The van der Waals surface area contributed by atoms with Crippen molar-refractivity contribution in [3.05, 3.63) is 46.3 Å². The number of aryl methyl sites for hydroxylation is 1. The van der Waals surface area contributed by atoms with Crippen LogP contribution in [0.2, 0.25) is 0 Å². The van der Waals surface area contributed by atoms with Gasteiger partial charge in [-0.15, -0.1) is 0 Å². The second-order valence-electron chi connectivity index (χ2n) is 4.11. The minimum absolute atomic E-state index is 0.0176. The first kappa shape index (κ1) is 11.9. The number of rotatable bonds is 5. The highest BCUT2D eigenvalue weighted by atomic mass is 16.3. The van der Waals surface area contributed by atoms with Crippen molar-refractivity contribution in [3.63, 3.8) is 0 Å². The maximum atomic E-state index is 11.8. The van der Waals surface area contributed by atoms with Crippen LogP contribution >= 0.6 is 0 Å². The smallest absolute Gasteiger partial charge is 0.192 e. The number of hydrogen-bond donors (Lipinski definition) is 1. The summed E-state index contributed by atoms with van der Waals surface area (Å²) in [7, 11) is 0. The van der Waals surface area contributed by atoms with E-state index in [0.29, 0.717) is 11.0 Å². The molecular weight excluding hydrogens is 216 g/mol. The number of aliphatic hydroxyl groups is 1. The molecule has 3 nitrogen and oxygen atoms in total. The normalized spacial score (nSPS) is 10.9. The van der Waals surface area contributed by atoms with Crippen molar-refractivity contribution in [2.75, 3.05) is 6.61 Å². The lowest BCUT2D eigenvalue weighted by atomic mass is 10.1. The lowest BCUT2D eigenvalue weighted by Crippen LogP contribution is -2.02. The quantitative estimate of drug-likeness (QED) is 0.806. The molecule has 1 N–H and O–H groups in total. The van der Waals surface area contributed by atoms with Crippen molar-refractivity contribution in [2.45, 2.75) is 25.7 Å². The molecule has 2 aromatic rings. The number of aliphatic hydroxyl groups excluding tert-OH is 1. The van der Waals surface area contributed by atoms with Crippen LogP contribution in [0.5, 0.6) is 0 Å². The lowest BCUT2D eigenvalue weighted by Gasteiger charge is -2.02. The first-order chi connectivity index (χ1) is 8.31. The molecule has 0 amide bonds. The van der Waals surface area contributed by atoms with Gasteiger partial charge in [0.15, 0.2) is 5.43 Å². The summed E-state index contributed by atoms with van der Waals surface area (Å²) in [6.07, 6.45) is 3.44. The Hall–Kier alpha value is -1.61. The molecule has 0 spiro atoms. The van der Waals surface area contributed by atoms with Gasteiger partial charge in [0.1, 0.15) is 11.3 Å². The third kappa shape index (κ3) is 2.94. The summed E-state index contributed by atoms with van der Waals surface area (Å²) in [6.45, 7) is 0.224. The first-order valence-electron chi connectivity index (χ1n) is 5.94. The van der Waals surface area contributed by atoms with Crippen molar-refractivity contribution in [2.24, 2.45) is 0 Å². The first-order valence-corrected chi connectivity index (χ1v) is 5.94. The van der Waals surface area contributed by atoms with Crippen LogP contribution in [-0.4, -0.2) is 11.7 Å². The summed E-state index contributed by atoms with van der Waals surface area (Å²) in [6, 6.07) is 8.85. The van der Waals surface area contributed by atoms with E-state index in [1.54, 1.807) is 12.1 Å². The van der Waals surface area contributed by atoms with Crippen LogP contribution in [0.1, 0.15) is 25.0 Å². The predicted octanol–water partition coefficient (Wildman–Crippen LogP) is 2.50. The molecule has 0 radical (unpaired) electrons. The summed E-state index contributed by atoms with van der Waals surface area (Å²) in [5.41, 5.74) is 0.668. The highest BCUT2D eigenvalue weighted by Gasteiger charge is 2.03. The summed E-state index contributed by atoms with van der Waals surface area (Å²) in [5.74, 6) is 0.728. The molecular formula is C14H16O3. The van der Waals surface area contributed by atoms with Crippen LogP contribution in [0.3, 0.4) is 0 Å². The van der Waals surface area contributed by atoms with E-state index in [1.807, 2.05) is 18.2 Å². The van der Waals surface area contributed by atoms with Crippen molar-refractivity contribution >= 4 is 11.0 Å². The van der Waals surface area contributed by atoms with Crippen LogP contribution in [0, 0.1) is 0 Å². The molecule has 0 atom stereocenters. The van der Waals surface area contributed by atoms with E-state index in [9.17, 15) is 4.79 Å². The molecule has 0 bridgehead atoms. The van der Waals surface area contributed by atoms with Crippen LogP contribution in [-0.2, 0) is 6.42 Å². The Balaban J connectivity index is 2.16. The Morgan fingerprint density at radius 1 is 1.12 bits per heavy atom. The van der Waals surface area contributed by atoms with Crippen molar-refractivity contribution in [1.29, 1.82) is 0 Å². The third-order valence-corrected chi connectivity index (χ3v) is 2.77. The number of benzene rings is 1. The van der Waals surface area contributed by atoms with E-state index in [1.165, 1.54) is 0 Å². The van der Waals surface area contributed by atoms with E-state index in [0.717, 1.165) is 31.4 Å². The molecule has 90 valence electrons. The van der Waals surface area contributed by atoms with Gasteiger partial charge in [0.25, 0.3) is 0 Å². The molecule has 0 saturated carbocycles. The Labute approximate surface area is 99.7 Å². The van der Waals surface area contributed by atoms with Crippen LogP contribution in [0.25, 0.3) is 11.0 Å². The zero-order valence-electron chi connectivity index (χ0n) is 9.69. The topological polar surface area (TPSA) is 50.4 Å². The molecule has 0 unspecified atom stereocenters. The molecule has 0 saturated heterocycles. The highest BCUT2D eigenvalue weighted by molar-refractivity contribution is 5.76. The molecule has 0 aliphatic heterocycles. The lowest BCUT2D eigenvalue weighted by molar-refractivity contribution is 0.282. The van der Waals surface area contributed by atoms with Gasteiger partial charge in [-0.3, -0.25) is 4.79 Å². The maximum Gasteiger partial charge on any atom is 0.192 e. The van der Waals surface area contributed by atoms with E-state index < -0.39 is 0 Å². The van der Waals surface area contributed by atoms with Gasteiger partial charge < -0.3 is 9.52 Å². The second-order valence-corrected chi connectivity index (χ2v) is 4.11. The SMILES string of the molecule is O=c1cc(CCCCCO)oc2ccccc12. The van der Waals surface area contributed by atoms with Gasteiger partial charge in [0.05, 0.1) is 5.39 Å². The van der Waals surface area contributed by atoms with Gasteiger partial charge in [-0.05, 0) is 25.0 Å². The van der Waals surface area contributed by atoms with Crippen LogP contribution in [0.4, 0.5) is 0 Å². The van der Waals surface area contributed by atoms with Gasteiger partial charge in [-0.2, -0.15) is 0 Å². The number of hydrogen-bond acceptors (Lipinski definition) is 3. The Morgan fingerprint density at radius 2 is 1.94 bits per heavy atom. The largest absolute Gasteiger partial charge is 0.461 e. The van der Waals surface area contributed by atoms with Gasteiger partial charge >= 0.3 is 0 Å². The number of unbranched alkanes of at least 4 members (excludes halogenated alkanes) is 2. The molecule has 1 aromatic carbocycles. The Morgan fingerprint density at radius 3 is 2.76 bits per heavy atom. The molecule has 1 aromatic heterocycles. The van der Waals surface area contributed by atoms with E-state index in [-0.39, 0.29) is 12.0 Å². The van der Waals surface area contributed by atoms with Crippen LogP contribution in [0.15, 0.2) is 39.5 Å². The highest BCUT2D eigenvalue weighted by Crippen LogP contribution is 2.13. The average molecular weight is 232 g/mol. The fourth-order valence-corrected chi connectivity index (χ4v) is 1.86. The second kappa shape index (κ2) is 5.64. The summed E-state index contributed by atoms with van der Waals surface area (Å²) in [5, 5.41) is 9.31. The zero-order chi connectivity index (χ0) is 12.1. The minimum Gasteiger partial charge on any atom is -0.461 e. The van der Waals surface area contributed by atoms with Gasteiger partial charge in [0, 0.05) is 19.1 Å². The van der Waals surface area contributed by atoms with Crippen molar-refractivity contribution < 1.29 is 9.52 Å². The molecule has 2 rings (SSSR count). The Kier molecular flexibility index (Phi) is 3.94. The summed E-state index contributed by atoms with van der Waals surface area (Å²) < 4.78 is 5.66. The van der Waals surface area contributed by atoms with E-state index >= 15 is 0 Å². The molecule has 0 aliphatic rings. The maximum absolute atomic E-state index is 11.8. The third-order valence-electron chi connectivity index (χ3n) is 2.77. The number of fused-ring (bicyclic) bond motifs is 1. The van der Waals surface area contributed by atoms with Gasteiger partial charge in [0.2, 0.25) is 0 Å². The minimum atomic E-state index is 0.0176. The number of para-hydroxylation sites is 1. The fourth-order valence-electron chi connectivity index (χ4n) is 1.86. The standard InChI is InChI=1S/C14H16O3/c15-9-5-1-2-6-11-10-13(16)12-7-3-4-8-14(12)17-11/h3-4,7-8,10,15H,1-2,5-6,9H2. The molecule has 1 heterocycles. The molecule has 3 heteroatoms. The zero-order valence-corrected chi connectivity index (χ0v) is 9.69. The van der Waals surface area contributed by atoms with Gasteiger partial charge in [-0.25, -0.2) is 0 Å². The monoisotopic (exact) mass is 232 g/mol. The average Bonchev–Trinajstić information content (AvgIpc) is 2.35.